The van der Waals surface area contributed by atoms with Crippen molar-refractivity contribution in [3.05, 3.63) is 71.3 Å². The van der Waals surface area contributed by atoms with Crippen LogP contribution >= 0.6 is 0 Å². The second-order valence-corrected chi connectivity index (χ2v) is 6.92. The molecule has 27 heavy (non-hydrogen) atoms. The summed E-state index contributed by atoms with van der Waals surface area (Å²) in [5.41, 5.74) is 2.92. The molecule has 5 nitrogen and oxygen atoms in total. The molecule has 2 rings (SSSR count). The van der Waals surface area contributed by atoms with Crippen LogP contribution in [0.3, 0.4) is 0 Å². The predicted molar refractivity (Wildman–Crippen MR) is 104 cm³/mol. The maximum absolute atomic E-state index is 12.6. The van der Waals surface area contributed by atoms with E-state index < -0.39 is 24.2 Å². The highest BCUT2D eigenvalue weighted by Crippen LogP contribution is 2.19. The molecule has 0 aromatic heterocycles. The second kappa shape index (κ2) is 9.76. The Balaban J connectivity index is 1.91. The van der Waals surface area contributed by atoms with E-state index in [1.165, 1.54) is 0 Å². The van der Waals surface area contributed by atoms with Gasteiger partial charge in [0.15, 0.2) is 0 Å². The molecule has 0 aliphatic carbocycles. The molecule has 0 fully saturated rings. The standard InChI is InChI=1S/C22H27NO4/c1-15(2)20(23-22(25)26-14-18-8-6-5-7-9-18)21(24)27-17(4)19-12-10-16(3)11-13-19/h5-13,15,17,20H,14H2,1-4H3,(H,23,25)/t17?,20-/m0/s1. The van der Waals surface area contributed by atoms with Crippen LogP contribution in [0.25, 0.3) is 0 Å². The molecule has 144 valence electrons. The summed E-state index contributed by atoms with van der Waals surface area (Å²) >= 11 is 0. The van der Waals surface area contributed by atoms with Crippen LogP contribution in [0.4, 0.5) is 4.79 Å². The summed E-state index contributed by atoms with van der Waals surface area (Å²) in [7, 11) is 0. The Hall–Kier alpha value is -2.82. The minimum Gasteiger partial charge on any atom is -0.456 e. The molecule has 2 aromatic carbocycles. The Morgan fingerprint density at radius 1 is 0.963 bits per heavy atom. The monoisotopic (exact) mass is 369 g/mol. The molecule has 0 radical (unpaired) electrons. The highest BCUT2D eigenvalue weighted by molar-refractivity contribution is 5.81. The Kier molecular flexibility index (Phi) is 7.41. The summed E-state index contributed by atoms with van der Waals surface area (Å²) in [6.45, 7) is 7.65. The third-order valence-corrected chi connectivity index (χ3v) is 4.25. The van der Waals surface area contributed by atoms with E-state index in [2.05, 4.69) is 5.32 Å². The van der Waals surface area contributed by atoms with Gasteiger partial charge in [-0.15, -0.1) is 0 Å². The molecule has 2 atom stereocenters. The lowest BCUT2D eigenvalue weighted by atomic mass is 10.0. The quantitative estimate of drug-likeness (QED) is 0.727. The molecule has 0 aliphatic rings. The smallest absolute Gasteiger partial charge is 0.408 e. The number of carbonyl (C=O) groups is 2. The average Bonchev–Trinajstić information content (AvgIpc) is 2.65. The third-order valence-electron chi connectivity index (χ3n) is 4.25. The number of carbonyl (C=O) groups excluding carboxylic acids is 2. The van der Waals surface area contributed by atoms with Gasteiger partial charge < -0.3 is 14.8 Å². The van der Waals surface area contributed by atoms with Gasteiger partial charge in [-0.1, -0.05) is 74.0 Å². The van der Waals surface area contributed by atoms with Crippen LogP contribution in [0.2, 0.25) is 0 Å². The van der Waals surface area contributed by atoms with Gasteiger partial charge in [0.2, 0.25) is 0 Å². The number of benzene rings is 2. The first-order valence-corrected chi connectivity index (χ1v) is 9.11. The number of hydrogen-bond donors (Lipinski definition) is 1. The van der Waals surface area contributed by atoms with Crippen molar-refractivity contribution < 1.29 is 19.1 Å². The first kappa shape index (κ1) is 20.5. The number of amides is 1. The Bertz CT molecular complexity index is 741. The Morgan fingerprint density at radius 2 is 1.59 bits per heavy atom. The van der Waals surface area contributed by atoms with Gasteiger partial charge >= 0.3 is 12.1 Å². The first-order valence-electron chi connectivity index (χ1n) is 9.11. The fourth-order valence-electron chi connectivity index (χ4n) is 2.54. The minimum atomic E-state index is -0.777. The zero-order valence-electron chi connectivity index (χ0n) is 16.3. The molecule has 1 unspecified atom stereocenters. The third kappa shape index (κ3) is 6.44. The summed E-state index contributed by atoms with van der Waals surface area (Å²) in [6, 6.07) is 16.4. The van der Waals surface area contributed by atoms with E-state index >= 15 is 0 Å². The van der Waals surface area contributed by atoms with Gasteiger partial charge in [-0.05, 0) is 30.9 Å². The van der Waals surface area contributed by atoms with E-state index in [-0.39, 0.29) is 12.5 Å². The van der Waals surface area contributed by atoms with E-state index in [1.807, 2.05) is 82.3 Å². The summed E-state index contributed by atoms with van der Waals surface area (Å²) in [5.74, 6) is -0.610. The van der Waals surface area contributed by atoms with Gasteiger partial charge in [0.1, 0.15) is 18.8 Å². The van der Waals surface area contributed by atoms with Gasteiger partial charge in [-0.25, -0.2) is 9.59 Å². The first-order chi connectivity index (χ1) is 12.9. The molecule has 0 spiro atoms. The number of nitrogens with one attached hydrogen (secondary N) is 1. The summed E-state index contributed by atoms with van der Waals surface area (Å²) in [5, 5.41) is 2.62. The van der Waals surface area contributed by atoms with E-state index in [1.54, 1.807) is 0 Å². The normalized spacial score (nSPS) is 12.9. The van der Waals surface area contributed by atoms with Crippen molar-refractivity contribution in [2.24, 2.45) is 5.92 Å². The van der Waals surface area contributed by atoms with Crippen LogP contribution in [0, 0.1) is 12.8 Å². The minimum absolute atomic E-state index is 0.132. The van der Waals surface area contributed by atoms with E-state index in [9.17, 15) is 9.59 Å². The van der Waals surface area contributed by atoms with Crippen LogP contribution in [0.1, 0.15) is 43.6 Å². The molecule has 0 aliphatic heterocycles. The molecular weight excluding hydrogens is 342 g/mol. The van der Waals surface area contributed by atoms with Crippen LogP contribution in [0.15, 0.2) is 54.6 Å². The molecular formula is C22H27NO4. The van der Waals surface area contributed by atoms with Crippen molar-refractivity contribution in [2.75, 3.05) is 0 Å². The largest absolute Gasteiger partial charge is 0.456 e. The van der Waals surface area contributed by atoms with Gasteiger partial charge in [0.25, 0.3) is 0 Å². The van der Waals surface area contributed by atoms with Gasteiger partial charge in [0.05, 0.1) is 0 Å². The number of hydrogen-bond acceptors (Lipinski definition) is 4. The SMILES string of the molecule is Cc1ccc(C(C)OC(=O)[C@@H](NC(=O)OCc2ccccc2)C(C)C)cc1. The van der Waals surface area contributed by atoms with E-state index in [4.69, 9.17) is 9.47 Å². The number of esters is 1. The van der Waals surface area contributed by atoms with Crippen molar-refractivity contribution in [2.45, 2.75) is 46.4 Å². The Labute approximate surface area is 160 Å². The number of aryl methyl sites for hydroxylation is 1. The van der Waals surface area contributed by atoms with Crippen molar-refractivity contribution in [3.63, 3.8) is 0 Å². The van der Waals surface area contributed by atoms with Crippen LogP contribution in [-0.2, 0) is 20.9 Å². The lowest BCUT2D eigenvalue weighted by Gasteiger charge is -2.23. The molecule has 1 N–H and O–H groups in total. The highest BCUT2D eigenvalue weighted by atomic mass is 16.6. The molecule has 0 bridgehead atoms. The van der Waals surface area contributed by atoms with Gasteiger partial charge in [-0.2, -0.15) is 0 Å². The second-order valence-electron chi connectivity index (χ2n) is 6.92. The van der Waals surface area contributed by atoms with Crippen LogP contribution in [-0.4, -0.2) is 18.1 Å². The predicted octanol–water partition coefficient (Wildman–Crippen LogP) is 4.55. The molecule has 5 heteroatoms. The van der Waals surface area contributed by atoms with Crippen LogP contribution < -0.4 is 5.32 Å². The highest BCUT2D eigenvalue weighted by Gasteiger charge is 2.28. The molecule has 0 saturated heterocycles. The summed E-state index contributed by atoms with van der Waals surface area (Å²) < 4.78 is 10.8. The number of ether oxygens (including phenoxy) is 2. The molecule has 0 saturated carbocycles. The van der Waals surface area contributed by atoms with E-state index in [0.717, 1.165) is 16.7 Å². The van der Waals surface area contributed by atoms with E-state index in [0.29, 0.717) is 0 Å². The molecule has 0 heterocycles. The van der Waals surface area contributed by atoms with Gasteiger partial charge in [0, 0.05) is 0 Å². The fraction of sp³-hybridized carbons (Fsp3) is 0.364. The maximum Gasteiger partial charge on any atom is 0.408 e. The maximum atomic E-state index is 12.6. The van der Waals surface area contributed by atoms with Crippen molar-refractivity contribution in [1.82, 2.24) is 5.32 Å². The van der Waals surface area contributed by atoms with Crippen molar-refractivity contribution in [1.29, 1.82) is 0 Å². The van der Waals surface area contributed by atoms with Crippen molar-refractivity contribution >= 4 is 12.1 Å². The Morgan fingerprint density at radius 3 is 2.19 bits per heavy atom. The molecule has 1 amide bonds. The zero-order chi connectivity index (χ0) is 19.8. The van der Waals surface area contributed by atoms with Crippen molar-refractivity contribution in [3.8, 4) is 0 Å². The van der Waals surface area contributed by atoms with Crippen LogP contribution in [0.5, 0.6) is 0 Å². The topological polar surface area (TPSA) is 64.6 Å². The lowest BCUT2D eigenvalue weighted by molar-refractivity contribution is -0.152. The summed E-state index contributed by atoms with van der Waals surface area (Å²) in [4.78, 5) is 24.6. The fourth-order valence-corrected chi connectivity index (χ4v) is 2.54. The molecule has 2 aromatic rings. The average molecular weight is 369 g/mol. The lowest BCUT2D eigenvalue weighted by Crippen LogP contribution is -2.45. The van der Waals surface area contributed by atoms with Gasteiger partial charge in [-0.3, -0.25) is 0 Å². The summed E-state index contributed by atoms with van der Waals surface area (Å²) in [6.07, 6.45) is -1.04. The zero-order valence-corrected chi connectivity index (χ0v) is 16.3. The number of alkyl carbamates (subject to hydrolysis) is 1. The number of rotatable bonds is 7.